The number of benzene rings is 2. The molecule has 0 aliphatic carbocycles. The van der Waals surface area contributed by atoms with Crippen LogP contribution >= 0.6 is 7.82 Å². The summed E-state index contributed by atoms with van der Waals surface area (Å²) in [5.74, 6) is 0.256. The van der Waals surface area contributed by atoms with E-state index in [1.165, 1.54) is 12.1 Å². The van der Waals surface area contributed by atoms with Gasteiger partial charge in [-0.25, -0.2) is 18.0 Å². The highest BCUT2D eigenvalue weighted by atomic mass is 31.2. The molecule has 3 aromatic rings. The number of aryl methyl sites for hydroxylation is 1. The molecule has 1 saturated heterocycles. The maximum Gasteiger partial charge on any atom is 0.475 e. The van der Waals surface area contributed by atoms with Gasteiger partial charge in [0.25, 0.3) is 6.33 Å². The number of phosphoric acid groups is 1. The van der Waals surface area contributed by atoms with Crippen LogP contribution in [0.2, 0.25) is 0 Å². The van der Waals surface area contributed by atoms with Gasteiger partial charge in [-0.2, -0.15) is 4.57 Å². The van der Waals surface area contributed by atoms with Gasteiger partial charge in [0.15, 0.2) is 11.4 Å². The maximum absolute atomic E-state index is 13.4. The summed E-state index contributed by atoms with van der Waals surface area (Å²) in [5, 5.41) is 0. The van der Waals surface area contributed by atoms with Crippen molar-refractivity contribution in [1.82, 2.24) is 9.47 Å². The van der Waals surface area contributed by atoms with Crippen molar-refractivity contribution in [2.45, 2.75) is 39.5 Å². The Labute approximate surface area is 221 Å². The zero-order chi connectivity index (χ0) is 27.4. The number of imidazole rings is 1. The minimum Gasteiger partial charge on any atom is -0.492 e. The second-order valence-corrected chi connectivity index (χ2v) is 10.7. The number of carbonyl (C=O) groups is 1. The van der Waals surface area contributed by atoms with Crippen LogP contribution in [0, 0.1) is 12.7 Å². The molecule has 2 atom stereocenters. The number of likely N-dealkylation sites (tertiary alicyclic amines) is 1. The molecule has 0 bridgehead atoms. The van der Waals surface area contributed by atoms with Crippen molar-refractivity contribution in [2.75, 3.05) is 20.8 Å². The van der Waals surface area contributed by atoms with Crippen LogP contribution in [0.3, 0.4) is 0 Å². The largest absolute Gasteiger partial charge is 0.492 e. The molecule has 0 spiro atoms. The normalized spacial score (nSPS) is 17.5. The minimum absolute atomic E-state index is 0.0320. The molecule has 2 aromatic carbocycles. The van der Waals surface area contributed by atoms with E-state index in [1.807, 2.05) is 53.8 Å². The number of aromatic nitrogens is 2. The standard InChI is InChI=1S/C27H31FN3O6P/c1-19-16-29(17-30(19)18-37-38(33,34)36-4)25-12-7-21(15-26(25)35-3)14-23-6-5-13-31(27(23)32)20(2)22-8-10-24(28)11-9-22/h7-12,14-17,20H,5-6,13,18H2,1-4H3/p+1/b23-14+. The van der Waals surface area contributed by atoms with Crippen molar-refractivity contribution in [3.05, 3.63) is 83.2 Å². The summed E-state index contributed by atoms with van der Waals surface area (Å²) in [5.41, 5.74) is 3.96. The van der Waals surface area contributed by atoms with Gasteiger partial charge in [-0.3, -0.25) is 9.32 Å². The lowest BCUT2D eigenvalue weighted by atomic mass is 9.97. The molecule has 4 rings (SSSR count). The number of amides is 1. The van der Waals surface area contributed by atoms with Gasteiger partial charge in [-0.1, -0.05) is 18.2 Å². The third kappa shape index (κ3) is 6.22. The number of halogens is 1. The van der Waals surface area contributed by atoms with E-state index in [0.29, 0.717) is 24.3 Å². The van der Waals surface area contributed by atoms with Crippen LogP contribution in [-0.2, 0) is 25.1 Å². The van der Waals surface area contributed by atoms with Gasteiger partial charge in [-0.15, -0.1) is 0 Å². The Balaban J connectivity index is 1.55. The fourth-order valence-corrected chi connectivity index (χ4v) is 4.84. The average molecular weight is 545 g/mol. The highest BCUT2D eigenvalue weighted by Crippen LogP contribution is 2.42. The van der Waals surface area contributed by atoms with Crippen molar-refractivity contribution in [3.63, 3.8) is 0 Å². The molecule has 1 aliphatic rings. The van der Waals surface area contributed by atoms with Crippen molar-refractivity contribution in [1.29, 1.82) is 0 Å². The highest BCUT2D eigenvalue weighted by molar-refractivity contribution is 7.47. The lowest BCUT2D eigenvalue weighted by Crippen LogP contribution is -2.38. The Bertz CT molecular complexity index is 1390. The number of rotatable bonds is 9. The first-order valence-electron chi connectivity index (χ1n) is 12.2. The quantitative estimate of drug-likeness (QED) is 0.238. The first-order chi connectivity index (χ1) is 18.1. The van der Waals surface area contributed by atoms with Crippen molar-refractivity contribution < 1.29 is 37.0 Å². The monoisotopic (exact) mass is 544 g/mol. The molecule has 9 nitrogen and oxygen atoms in total. The lowest BCUT2D eigenvalue weighted by Gasteiger charge is -2.34. The van der Waals surface area contributed by atoms with Crippen molar-refractivity contribution in [2.24, 2.45) is 0 Å². The van der Waals surface area contributed by atoms with E-state index in [4.69, 9.17) is 9.26 Å². The van der Waals surface area contributed by atoms with E-state index in [-0.39, 0.29) is 24.5 Å². The molecule has 0 radical (unpaired) electrons. The number of piperidine rings is 1. The van der Waals surface area contributed by atoms with Crippen LogP contribution in [0.1, 0.15) is 42.6 Å². The summed E-state index contributed by atoms with van der Waals surface area (Å²) in [6, 6.07) is 11.7. The highest BCUT2D eigenvalue weighted by Gasteiger charge is 2.28. The summed E-state index contributed by atoms with van der Waals surface area (Å²) in [7, 11) is -1.43. The van der Waals surface area contributed by atoms with Crippen LogP contribution in [0.4, 0.5) is 4.39 Å². The van der Waals surface area contributed by atoms with E-state index >= 15 is 0 Å². The predicted molar refractivity (Wildman–Crippen MR) is 139 cm³/mol. The van der Waals surface area contributed by atoms with E-state index in [0.717, 1.165) is 36.0 Å². The first-order valence-corrected chi connectivity index (χ1v) is 13.7. The molecule has 202 valence electrons. The second kappa shape index (κ2) is 11.6. The van der Waals surface area contributed by atoms with E-state index in [1.54, 1.807) is 30.1 Å². The number of methoxy groups -OCH3 is 1. The van der Waals surface area contributed by atoms with Gasteiger partial charge in [0.2, 0.25) is 12.6 Å². The molecule has 1 aromatic heterocycles. The zero-order valence-corrected chi connectivity index (χ0v) is 22.7. The number of ether oxygens (including phenoxy) is 1. The minimum atomic E-state index is -4.10. The summed E-state index contributed by atoms with van der Waals surface area (Å²) < 4.78 is 43.5. The SMILES string of the molecule is COc1cc(/C=C2\CCCN(C(C)c3ccc(F)cc3)C2=O)ccc1-[n+]1cc(C)n(COP(=O)(O)OC)c1. The second-order valence-electron chi connectivity index (χ2n) is 9.10. The molecule has 11 heteroatoms. The molecule has 1 amide bonds. The fraction of sp³-hybridized carbons (Fsp3) is 0.333. The van der Waals surface area contributed by atoms with Crippen LogP contribution in [0.25, 0.3) is 11.8 Å². The number of hydrogen-bond acceptors (Lipinski definition) is 5. The Morgan fingerprint density at radius 3 is 2.63 bits per heavy atom. The lowest BCUT2D eigenvalue weighted by molar-refractivity contribution is -0.596. The molecule has 0 saturated carbocycles. The Hall–Kier alpha value is -3.30. The third-order valence-corrected chi connectivity index (χ3v) is 7.56. The Kier molecular flexibility index (Phi) is 8.47. The average Bonchev–Trinajstić information content (AvgIpc) is 3.28. The van der Waals surface area contributed by atoms with Gasteiger partial charge in [-0.05, 0) is 61.2 Å². The molecular formula is C27H32FN3O6P+. The van der Waals surface area contributed by atoms with Crippen LogP contribution < -0.4 is 9.30 Å². The summed E-state index contributed by atoms with van der Waals surface area (Å²) in [6.07, 6.45) is 6.96. The molecule has 1 fully saturated rings. The molecular weight excluding hydrogens is 512 g/mol. The van der Waals surface area contributed by atoms with Crippen LogP contribution in [-0.4, -0.2) is 41.0 Å². The van der Waals surface area contributed by atoms with Crippen LogP contribution in [0.5, 0.6) is 5.75 Å². The van der Waals surface area contributed by atoms with Gasteiger partial charge >= 0.3 is 7.82 Å². The molecule has 2 unspecified atom stereocenters. The van der Waals surface area contributed by atoms with E-state index in [9.17, 15) is 18.6 Å². The number of carbonyl (C=O) groups excluding carboxylic acids is 1. The van der Waals surface area contributed by atoms with Gasteiger partial charge < -0.3 is 14.5 Å². The summed E-state index contributed by atoms with van der Waals surface area (Å²) >= 11 is 0. The molecule has 2 heterocycles. The van der Waals surface area contributed by atoms with Crippen molar-refractivity contribution >= 4 is 19.8 Å². The first kappa shape index (κ1) is 27.7. The van der Waals surface area contributed by atoms with E-state index < -0.39 is 7.82 Å². The number of phosphoric ester groups is 1. The smallest absolute Gasteiger partial charge is 0.475 e. The topological polar surface area (TPSA) is 94.1 Å². The zero-order valence-electron chi connectivity index (χ0n) is 21.8. The number of hydrogen-bond donors (Lipinski definition) is 1. The van der Waals surface area contributed by atoms with Crippen molar-refractivity contribution in [3.8, 4) is 11.4 Å². The van der Waals surface area contributed by atoms with Gasteiger partial charge in [0.05, 0.1) is 13.2 Å². The molecule has 1 aliphatic heterocycles. The molecule has 1 N–H and O–H groups in total. The van der Waals surface area contributed by atoms with Gasteiger partial charge in [0, 0.05) is 26.2 Å². The van der Waals surface area contributed by atoms with Gasteiger partial charge in [0.1, 0.15) is 17.7 Å². The Morgan fingerprint density at radius 2 is 1.95 bits per heavy atom. The fourth-order valence-electron chi connectivity index (χ4n) is 4.46. The maximum atomic E-state index is 13.4. The molecule has 38 heavy (non-hydrogen) atoms. The summed E-state index contributed by atoms with van der Waals surface area (Å²) in [4.78, 5) is 24.7. The van der Waals surface area contributed by atoms with E-state index in [2.05, 4.69) is 4.52 Å². The van der Waals surface area contributed by atoms with Crippen LogP contribution in [0.15, 0.2) is 60.6 Å². The third-order valence-electron chi connectivity index (χ3n) is 6.66. The summed E-state index contributed by atoms with van der Waals surface area (Å²) in [6.45, 7) is 4.27. The number of nitrogens with zero attached hydrogens (tertiary/aromatic N) is 3. The predicted octanol–water partition coefficient (Wildman–Crippen LogP) is 4.71. The Morgan fingerprint density at radius 1 is 1.21 bits per heavy atom.